The molecule has 15 rings (SSSR count). The van der Waals surface area contributed by atoms with Gasteiger partial charge in [-0.3, -0.25) is 0 Å². The van der Waals surface area contributed by atoms with Gasteiger partial charge >= 0.3 is 0 Å². The predicted octanol–water partition coefficient (Wildman–Crippen LogP) is 19.0. The predicted molar refractivity (Wildman–Crippen MR) is 300 cm³/mol. The van der Waals surface area contributed by atoms with E-state index in [9.17, 15) is 11.8 Å². The number of fused-ring (bicyclic) bond motifs is 18. The van der Waals surface area contributed by atoms with Gasteiger partial charge in [-0.15, -0.1) is 34.0 Å². The lowest BCUT2D eigenvalue weighted by Crippen LogP contribution is -2.08. The number of hydrogen-bond acceptors (Lipinski definition) is 4. The molecule has 324 valence electrons. The van der Waals surface area contributed by atoms with Crippen molar-refractivity contribution < 1.29 is 0 Å². The second-order valence-electron chi connectivity index (χ2n) is 18.1. The first-order valence-corrected chi connectivity index (χ1v) is 25.7. The smallest absolute Gasteiger partial charge is 0.221 e. The largest absolute Gasteiger partial charge is 0.315 e. The van der Waals surface area contributed by atoms with Crippen molar-refractivity contribution in [3.8, 4) is 39.7 Å². The number of aryl methyl sites for hydroxylation is 1. The summed E-state index contributed by atoms with van der Waals surface area (Å²) in [6.07, 6.45) is 0. The summed E-state index contributed by atoms with van der Waals surface area (Å²) in [7, 11) is 0. The fourth-order valence-corrected chi connectivity index (χ4v) is 15.5. The van der Waals surface area contributed by atoms with Crippen LogP contribution < -0.4 is 0 Å². The van der Waals surface area contributed by atoms with Crippen LogP contribution in [0.25, 0.3) is 143 Å². The molecular weight excluding hydrogens is 909 g/mol. The number of nitriles is 1. The molecule has 0 N–H and O–H groups in total. The zero-order chi connectivity index (χ0) is 46.4. The molecule has 0 aliphatic rings. The topological polar surface area (TPSA) is 38.0 Å². The van der Waals surface area contributed by atoms with E-state index in [4.69, 9.17) is 4.85 Å². The molecule has 0 atom stereocenters. The third kappa shape index (κ3) is 5.21. The molecule has 0 saturated heterocycles. The van der Waals surface area contributed by atoms with Gasteiger partial charge in [0.15, 0.2) is 0 Å². The molecule has 5 aromatic heterocycles. The summed E-state index contributed by atoms with van der Waals surface area (Å²) < 4.78 is 11.8. The van der Waals surface area contributed by atoms with Gasteiger partial charge in [0.25, 0.3) is 0 Å². The van der Waals surface area contributed by atoms with Gasteiger partial charge in [0.2, 0.25) is 5.69 Å². The van der Waals surface area contributed by atoms with E-state index in [1.807, 2.05) is 23.5 Å². The molecular formula is C63H34N4S3. The van der Waals surface area contributed by atoms with Gasteiger partial charge < -0.3 is 9.13 Å². The van der Waals surface area contributed by atoms with Crippen LogP contribution in [0.4, 0.5) is 5.69 Å². The normalized spacial score (nSPS) is 12.0. The van der Waals surface area contributed by atoms with Crippen molar-refractivity contribution in [1.29, 1.82) is 5.26 Å². The van der Waals surface area contributed by atoms with E-state index in [1.165, 1.54) is 45.9 Å². The van der Waals surface area contributed by atoms with E-state index in [0.717, 1.165) is 91.7 Å². The van der Waals surface area contributed by atoms with Crippen LogP contribution in [0.3, 0.4) is 0 Å². The minimum Gasteiger partial charge on any atom is -0.315 e. The number of thiophene rings is 3. The van der Waals surface area contributed by atoms with Gasteiger partial charge in [0.05, 0.1) is 59.7 Å². The van der Waals surface area contributed by atoms with Crippen LogP contribution in [-0.4, -0.2) is 9.13 Å². The highest BCUT2D eigenvalue weighted by molar-refractivity contribution is 7.27. The van der Waals surface area contributed by atoms with E-state index in [1.54, 1.807) is 22.7 Å². The van der Waals surface area contributed by atoms with Crippen LogP contribution in [0.1, 0.15) is 11.1 Å². The summed E-state index contributed by atoms with van der Waals surface area (Å²) in [5.74, 6) is 0. The maximum atomic E-state index is 12.3. The number of hydrogen-bond donors (Lipinski definition) is 0. The second kappa shape index (κ2) is 14.7. The molecule has 70 heavy (non-hydrogen) atoms. The van der Waals surface area contributed by atoms with Crippen molar-refractivity contribution in [3.05, 3.63) is 211 Å². The lowest BCUT2D eigenvalue weighted by atomic mass is 9.88. The van der Waals surface area contributed by atoms with Crippen LogP contribution >= 0.6 is 34.0 Å². The van der Waals surface area contributed by atoms with Gasteiger partial charge in [0, 0.05) is 79.1 Å². The number of benzene rings is 10. The van der Waals surface area contributed by atoms with Crippen molar-refractivity contribution in [2.75, 3.05) is 0 Å². The minimum absolute atomic E-state index is 0.429. The highest BCUT2D eigenvalue weighted by Gasteiger charge is 2.33. The minimum atomic E-state index is 0.429. The van der Waals surface area contributed by atoms with Gasteiger partial charge in [0.1, 0.15) is 6.07 Å². The first-order valence-electron chi connectivity index (χ1n) is 23.3. The Morgan fingerprint density at radius 3 is 1.50 bits per heavy atom. The Morgan fingerprint density at radius 2 is 0.914 bits per heavy atom. The maximum absolute atomic E-state index is 12.3. The third-order valence-electron chi connectivity index (χ3n) is 14.5. The molecule has 10 aromatic carbocycles. The molecule has 15 aromatic rings. The SMILES string of the molecule is [C-]#[N+]c1c(-c2ccccc2)c(-n2c3ccccc3c3cc(C)c4c5ccccc5sc4c32)c(-c2ccccc2)c(C#N)c1-n1c2c(ccc3c4ccccc4sc32)c2ccc3c4ccccc4sc3c21. The zero-order valence-electron chi connectivity index (χ0n) is 37.4. The fourth-order valence-electron chi connectivity index (χ4n) is 11.7. The summed E-state index contributed by atoms with van der Waals surface area (Å²) in [5, 5.41) is 23.9. The Morgan fingerprint density at radius 1 is 0.443 bits per heavy atom. The average molecular weight is 943 g/mol. The molecule has 0 radical (unpaired) electrons. The molecule has 0 spiro atoms. The van der Waals surface area contributed by atoms with Crippen LogP contribution in [0.5, 0.6) is 0 Å². The lowest BCUT2D eigenvalue weighted by molar-refractivity contribution is 1.15. The quantitative estimate of drug-likeness (QED) is 0.162. The van der Waals surface area contributed by atoms with E-state index < -0.39 is 0 Å². The Hall–Kier alpha value is -8.56. The second-order valence-corrected chi connectivity index (χ2v) is 21.2. The monoisotopic (exact) mass is 942 g/mol. The molecule has 0 saturated carbocycles. The fraction of sp³-hybridized carbons (Fsp3) is 0.0159. The van der Waals surface area contributed by atoms with Gasteiger partial charge in [-0.2, -0.15) is 5.26 Å². The Bertz CT molecular complexity index is 4650. The van der Waals surface area contributed by atoms with Crippen molar-refractivity contribution in [2.45, 2.75) is 6.92 Å². The Kier molecular flexibility index (Phi) is 8.29. The molecule has 7 heteroatoms. The van der Waals surface area contributed by atoms with E-state index in [2.05, 4.69) is 198 Å². The molecule has 0 fully saturated rings. The number of nitrogens with zero attached hydrogens (tertiary/aromatic N) is 4. The number of rotatable bonds is 4. The van der Waals surface area contributed by atoms with Crippen molar-refractivity contribution in [2.24, 2.45) is 0 Å². The third-order valence-corrected chi connectivity index (χ3v) is 18.0. The average Bonchev–Trinajstić information content (AvgIpc) is 4.24. The molecule has 5 heterocycles. The first-order chi connectivity index (χ1) is 34.6. The summed E-state index contributed by atoms with van der Waals surface area (Å²) >= 11 is 5.38. The van der Waals surface area contributed by atoms with Crippen LogP contribution in [0.15, 0.2) is 188 Å². The standard InChI is InChI=1S/C63H34N4S3/c1-35-33-46-38-21-9-13-25-48(38)66(59(46)63-52(35)45-24-12-16-28-51(45)70-63)60-53(36-17-5-3-6-18-36)47(34-64)56(55(65-2)54(60)37-19-7-4-8-20-37)67-57-41(29-31-43-39-22-10-14-26-49(39)68-61(43)57)42-30-32-44-40-23-11-15-27-50(40)69-62(44)58(42)67/h3-33H,1H3. The zero-order valence-corrected chi connectivity index (χ0v) is 39.9. The Balaban J connectivity index is 1.24. The molecule has 0 aliphatic heterocycles. The molecule has 0 unspecified atom stereocenters. The molecule has 0 bridgehead atoms. The van der Waals surface area contributed by atoms with E-state index >= 15 is 0 Å². The summed E-state index contributed by atoms with van der Waals surface area (Å²) in [6, 6.07) is 69.7. The molecule has 0 aliphatic carbocycles. The highest BCUT2D eigenvalue weighted by atomic mass is 32.1. The Labute approximate surface area is 412 Å². The van der Waals surface area contributed by atoms with Crippen LogP contribution in [-0.2, 0) is 0 Å². The van der Waals surface area contributed by atoms with Crippen molar-refractivity contribution >= 4 is 144 Å². The summed E-state index contributed by atoms with van der Waals surface area (Å²) in [6.45, 7) is 11.8. The van der Waals surface area contributed by atoms with E-state index in [-0.39, 0.29) is 0 Å². The number of aromatic nitrogens is 2. The van der Waals surface area contributed by atoms with Crippen molar-refractivity contribution in [1.82, 2.24) is 9.13 Å². The highest BCUT2D eigenvalue weighted by Crippen LogP contribution is 2.55. The number of para-hydroxylation sites is 1. The summed E-state index contributed by atoms with van der Waals surface area (Å²) in [5.41, 5.74) is 11.0. The molecule has 4 nitrogen and oxygen atoms in total. The van der Waals surface area contributed by atoms with E-state index in [0.29, 0.717) is 16.9 Å². The first kappa shape index (κ1) is 39.4. The lowest BCUT2D eigenvalue weighted by Gasteiger charge is -2.26. The van der Waals surface area contributed by atoms with Gasteiger partial charge in [-0.1, -0.05) is 158 Å². The van der Waals surface area contributed by atoms with Gasteiger partial charge in [-0.05, 0) is 53.9 Å². The van der Waals surface area contributed by atoms with Gasteiger partial charge in [-0.25, -0.2) is 4.85 Å². The van der Waals surface area contributed by atoms with Crippen LogP contribution in [0.2, 0.25) is 0 Å². The summed E-state index contributed by atoms with van der Waals surface area (Å²) in [4.78, 5) is 4.72. The van der Waals surface area contributed by atoms with Crippen molar-refractivity contribution in [3.63, 3.8) is 0 Å². The molecule has 0 amide bonds. The van der Waals surface area contributed by atoms with Crippen LogP contribution in [0, 0.1) is 24.8 Å². The maximum Gasteiger partial charge on any atom is 0.221 e.